The third-order valence-corrected chi connectivity index (χ3v) is 8.18. The van der Waals surface area contributed by atoms with Crippen LogP contribution in [0.15, 0.2) is 47.4 Å². The molecule has 0 amide bonds. The lowest BCUT2D eigenvalue weighted by atomic mass is 10.2. The number of anilines is 1. The summed E-state index contributed by atoms with van der Waals surface area (Å²) in [7, 11) is -3.86. The Hall–Kier alpha value is -0.890. The van der Waals surface area contributed by atoms with E-state index in [0.29, 0.717) is 10.3 Å². The molecule has 0 bridgehead atoms. The number of nitrogens with one attached hydrogen (secondary N) is 1. The largest absolute Gasteiger partial charge is 0.280 e. The van der Waals surface area contributed by atoms with Gasteiger partial charge in [-0.25, -0.2) is 12.8 Å². The molecule has 1 saturated heterocycles. The molecule has 1 N–H and O–H groups in total. The Balaban J connectivity index is 1.87. The topological polar surface area (TPSA) is 46.2 Å². The predicted molar refractivity (Wildman–Crippen MR) is 96.3 cm³/mol. The Bertz CT molecular complexity index is 823. The molecule has 2 aromatic carbocycles. The van der Waals surface area contributed by atoms with Crippen molar-refractivity contribution in [3.8, 4) is 0 Å². The molecule has 8 heteroatoms. The lowest BCUT2D eigenvalue weighted by Gasteiger charge is -2.13. The van der Waals surface area contributed by atoms with E-state index in [0.717, 1.165) is 35.3 Å². The highest BCUT2D eigenvalue weighted by Gasteiger charge is 2.21. The maximum Gasteiger partial charge on any atom is 0.263 e. The number of thioether (sulfide) groups is 2. The van der Waals surface area contributed by atoms with Gasteiger partial charge in [0, 0.05) is 17.2 Å². The molecule has 0 unspecified atom stereocenters. The van der Waals surface area contributed by atoms with E-state index in [1.807, 2.05) is 41.7 Å². The first kappa shape index (κ1) is 17.0. The highest BCUT2D eigenvalue weighted by atomic mass is 35.5. The quantitative estimate of drug-likeness (QED) is 0.818. The van der Waals surface area contributed by atoms with E-state index in [-0.39, 0.29) is 9.92 Å². The van der Waals surface area contributed by atoms with Crippen LogP contribution in [0.1, 0.15) is 10.1 Å². The normalized spacial score (nSPS) is 15.7. The first-order valence-electron chi connectivity index (χ1n) is 6.77. The van der Waals surface area contributed by atoms with E-state index < -0.39 is 15.8 Å². The molecular weight excluding hydrogens is 377 g/mol. The second-order valence-corrected chi connectivity index (χ2v) is 9.66. The van der Waals surface area contributed by atoms with Crippen LogP contribution in [0.25, 0.3) is 0 Å². The fraction of sp³-hybridized carbons (Fsp3) is 0.200. The van der Waals surface area contributed by atoms with E-state index >= 15 is 0 Å². The van der Waals surface area contributed by atoms with Gasteiger partial charge in [-0.05, 0) is 35.9 Å². The van der Waals surface area contributed by atoms with Crippen LogP contribution in [0.5, 0.6) is 0 Å². The van der Waals surface area contributed by atoms with E-state index in [2.05, 4.69) is 4.72 Å². The van der Waals surface area contributed by atoms with Gasteiger partial charge < -0.3 is 0 Å². The Morgan fingerprint density at radius 2 is 1.87 bits per heavy atom. The summed E-state index contributed by atoms with van der Waals surface area (Å²) in [6.45, 7) is 0. The van der Waals surface area contributed by atoms with Gasteiger partial charge in [-0.1, -0.05) is 23.7 Å². The molecule has 1 heterocycles. The molecule has 0 spiro atoms. The van der Waals surface area contributed by atoms with Gasteiger partial charge in [0.05, 0.1) is 9.60 Å². The van der Waals surface area contributed by atoms with Crippen molar-refractivity contribution in [2.24, 2.45) is 0 Å². The van der Waals surface area contributed by atoms with Crippen LogP contribution in [-0.2, 0) is 10.0 Å². The number of halogens is 2. The lowest BCUT2D eigenvalue weighted by molar-refractivity contribution is 0.600. The van der Waals surface area contributed by atoms with Crippen LogP contribution in [-0.4, -0.2) is 19.9 Å². The first-order chi connectivity index (χ1) is 11.0. The molecule has 3 nitrogen and oxygen atoms in total. The van der Waals surface area contributed by atoms with Crippen LogP contribution in [0.4, 0.5) is 10.1 Å². The van der Waals surface area contributed by atoms with Crippen LogP contribution in [0.3, 0.4) is 0 Å². The Kier molecular flexibility index (Phi) is 5.10. The van der Waals surface area contributed by atoms with Crippen LogP contribution >= 0.6 is 35.1 Å². The molecule has 1 fully saturated rings. The van der Waals surface area contributed by atoms with Gasteiger partial charge in [0.1, 0.15) is 10.7 Å². The van der Waals surface area contributed by atoms with Crippen molar-refractivity contribution in [1.29, 1.82) is 0 Å². The highest BCUT2D eigenvalue weighted by molar-refractivity contribution is 8.19. The van der Waals surface area contributed by atoms with Crippen molar-refractivity contribution in [2.75, 3.05) is 16.2 Å². The zero-order valence-electron chi connectivity index (χ0n) is 11.8. The average Bonchev–Trinajstić information content (AvgIpc) is 3.00. The summed E-state index contributed by atoms with van der Waals surface area (Å²) in [6.07, 6.45) is 0. The molecule has 0 saturated carbocycles. The number of sulfonamides is 1. The van der Waals surface area contributed by atoms with Crippen molar-refractivity contribution >= 4 is 50.8 Å². The molecule has 0 atom stereocenters. The maximum atomic E-state index is 13.1. The highest BCUT2D eigenvalue weighted by Crippen LogP contribution is 2.45. The summed E-state index contributed by atoms with van der Waals surface area (Å²) in [5.41, 5.74) is 1.54. The lowest BCUT2D eigenvalue weighted by Crippen LogP contribution is -2.13. The van der Waals surface area contributed by atoms with Crippen LogP contribution in [0.2, 0.25) is 5.02 Å². The van der Waals surface area contributed by atoms with Crippen molar-refractivity contribution in [1.82, 2.24) is 0 Å². The van der Waals surface area contributed by atoms with E-state index in [1.54, 1.807) is 6.07 Å². The average molecular weight is 390 g/mol. The smallest absolute Gasteiger partial charge is 0.263 e. The van der Waals surface area contributed by atoms with Gasteiger partial charge >= 0.3 is 0 Å². The minimum absolute atomic E-state index is 0.143. The molecule has 2 aromatic rings. The van der Waals surface area contributed by atoms with Crippen LogP contribution < -0.4 is 4.72 Å². The maximum absolute atomic E-state index is 13.1. The van der Waals surface area contributed by atoms with Gasteiger partial charge in [-0.15, -0.1) is 23.5 Å². The van der Waals surface area contributed by atoms with E-state index in [9.17, 15) is 12.8 Å². The van der Waals surface area contributed by atoms with E-state index in [1.165, 1.54) is 0 Å². The third-order valence-electron chi connectivity index (χ3n) is 3.22. The first-order valence-corrected chi connectivity index (χ1v) is 10.7. The SMILES string of the molecule is O=S(=O)(Nc1cccc(C2SCCS2)c1)c1ccc(F)cc1Cl. The molecule has 0 aromatic heterocycles. The molecule has 1 aliphatic heterocycles. The summed E-state index contributed by atoms with van der Waals surface area (Å²) in [6, 6.07) is 10.5. The molecular formula is C15H13ClFNO2S3. The minimum Gasteiger partial charge on any atom is -0.280 e. The fourth-order valence-electron chi connectivity index (χ4n) is 2.20. The zero-order valence-corrected chi connectivity index (χ0v) is 15.0. The molecule has 23 heavy (non-hydrogen) atoms. The zero-order chi connectivity index (χ0) is 16.4. The molecule has 3 rings (SSSR count). The summed E-state index contributed by atoms with van der Waals surface area (Å²) in [4.78, 5) is -0.143. The summed E-state index contributed by atoms with van der Waals surface area (Å²) in [5.74, 6) is 1.61. The fourth-order valence-corrected chi connectivity index (χ4v) is 6.62. The van der Waals surface area contributed by atoms with Gasteiger partial charge in [0.25, 0.3) is 10.0 Å². The number of rotatable bonds is 4. The Labute approximate surface area is 148 Å². The third kappa shape index (κ3) is 3.96. The number of hydrogen-bond donors (Lipinski definition) is 1. The standard InChI is InChI=1S/C15H13ClFNO2S3/c16-13-9-11(17)4-5-14(13)23(19,20)18-12-3-1-2-10(8-12)15-21-6-7-22-15/h1-5,8-9,15,18H,6-7H2. The minimum atomic E-state index is -3.86. The Morgan fingerprint density at radius 3 is 2.57 bits per heavy atom. The number of hydrogen-bond acceptors (Lipinski definition) is 4. The van der Waals surface area contributed by atoms with E-state index in [4.69, 9.17) is 11.6 Å². The van der Waals surface area contributed by atoms with Gasteiger partial charge in [0.2, 0.25) is 0 Å². The Morgan fingerprint density at radius 1 is 1.13 bits per heavy atom. The number of benzene rings is 2. The van der Waals surface area contributed by atoms with Gasteiger partial charge in [0.15, 0.2) is 0 Å². The molecule has 0 aliphatic carbocycles. The van der Waals surface area contributed by atoms with Crippen molar-refractivity contribution in [3.05, 3.63) is 58.9 Å². The van der Waals surface area contributed by atoms with Gasteiger partial charge in [-0.2, -0.15) is 0 Å². The van der Waals surface area contributed by atoms with Crippen molar-refractivity contribution in [3.63, 3.8) is 0 Å². The summed E-state index contributed by atoms with van der Waals surface area (Å²) < 4.78 is 40.8. The second kappa shape index (κ2) is 6.93. The van der Waals surface area contributed by atoms with Gasteiger partial charge in [-0.3, -0.25) is 4.72 Å². The molecule has 122 valence electrons. The van der Waals surface area contributed by atoms with Crippen molar-refractivity contribution < 1.29 is 12.8 Å². The molecule has 1 aliphatic rings. The second-order valence-electron chi connectivity index (χ2n) is 4.88. The summed E-state index contributed by atoms with van der Waals surface area (Å²) in [5, 5.41) is -0.143. The monoisotopic (exact) mass is 389 g/mol. The van der Waals surface area contributed by atoms with Crippen LogP contribution in [0, 0.1) is 5.82 Å². The molecule has 0 radical (unpaired) electrons. The predicted octanol–water partition coefficient (Wildman–Crippen LogP) is 4.76. The van der Waals surface area contributed by atoms with Crippen molar-refractivity contribution in [2.45, 2.75) is 9.48 Å². The summed E-state index contributed by atoms with van der Waals surface area (Å²) >= 11 is 9.54.